The van der Waals surface area contributed by atoms with E-state index < -0.39 is 25.1 Å². The maximum absolute atomic E-state index is 12.5. The van der Waals surface area contributed by atoms with Gasteiger partial charge in [-0.15, -0.1) is 0 Å². The van der Waals surface area contributed by atoms with Crippen molar-refractivity contribution in [1.29, 1.82) is 0 Å². The Kier molecular flexibility index (Phi) is 4.33. The fourth-order valence-corrected chi connectivity index (χ4v) is 7.74. The average Bonchev–Trinajstić information content (AvgIpc) is 3.19. The molecule has 122 valence electrons. The lowest BCUT2D eigenvalue weighted by Crippen LogP contribution is -2.48. The first-order valence-electron chi connectivity index (χ1n) is 7.79. The van der Waals surface area contributed by atoms with E-state index in [0.29, 0.717) is 19.1 Å². The van der Waals surface area contributed by atoms with Gasteiger partial charge in [-0.3, -0.25) is 0 Å². The highest BCUT2D eigenvalue weighted by Gasteiger charge is 2.41. The van der Waals surface area contributed by atoms with Crippen LogP contribution >= 0.6 is 0 Å². The molecule has 8 heteroatoms. The number of sulfonamides is 1. The molecular weight excluding hydrogens is 312 g/mol. The van der Waals surface area contributed by atoms with Gasteiger partial charge in [0.05, 0.1) is 16.8 Å². The van der Waals surface area contributed by atoms with Gasteiger partial charge < -0.3 is 5.32 Å². The molecule has 3 fully saturated rings. The molecule has 1 aliphatic carbocycles. The molecule has 2 saturated heterocycles. The van der Waals surface area contributed by atoms with Crippen molar-refractivity contribution < 1.29 is 16.8 Å². The van der Waals surface area contributed by atoms with Gasteiger partial charge in [-0.1, -0.05) is 0 Å². The van der Waals surface area contributed by atoms with Crippen LogP contribution in [0.2, 0.25) is 0 Å². The SMILES string of the molecule is O=S1(=O)CCC(S(=O)(=O)N2CCC(NCC3CC3)CC2)C1. The molecule has 0 bridgehead atoms. The summed E-state index contributed by atoms with van der Waals surface area (Å²) in [7, 11) is -6.61. The first kappa shape index (κ1) is 15.7. The van der Waals surface area contributed by atoms with Crippen LogP contribution in [-0.4, -0.2) is 63.6 Å². The lowest BCUT2D eigenvalue weighted by atomic mass is 10.1. The predicted octanol–water partition coefficient (Wildman–Crippen LogP) is -0.0327. The summed E-state index contributed by atoms with van der Waals surface area (Å²) in [5.41, 5.74) is 0. The van der Waals surface area contributed by atoms with Crippen molar-refractivity contribution in [3.8, 4) is 0 Å². The highest BCUT2D eigenvalue weighted by molar-refractivity contribution is 7.95. The standard InChI is InChI=1S/C13H24N2O4S2/c16-20(17)8-5-13(10-20)21(18,19)15-6-3-12(4-7-15)14-9-11-1-2-11/h11-14H,1-10H2. The van der Waals surface area contributed by atoms with Gasteiger partial charge in [0, 0.05) is 19.1 Å². The minimum atomic E-state index is -3.45. The van der Waals surface area contributed by atoms with E-state index in [-0.39, 0.29) is 17.9 Å². The van der Waals surface area contributed by atoms with Gasteiger partial charge in [-0.25, -0.2) is 21.1 Å². The Morgan fingerprint density at radius 2 is 1.71 bits per heavy atom. The van der Waals surface area contributed by atoms with E-state index in [4.69, 9.17) is 0 Å². The summed E-state index contributed by atoms with van der Waals surface area (Å²) in [5.74, 6) is 0.640. The van der Waals surface area contributed by atoms with Crippen LogP contribution in [-0.2, 0) is 19.9 Å². The van der Waals surface area contributed by atoms with Gasteiger partial charge in [0.2, 0.25) is 10.0 Å². The Labute approximate surface area is 127 Å². The number of piperidine rings is 1. The van der Waals surface area contributed by atoms with E-state index in [2.05, 4.69) is 5.32 Å². The first-order valence-corrected chi connectivity index (χ1v) is 11.1. The summed E-state index contributed by atoms with van der Waals surface area (Å²) in [5, 5.41) is 2.80. The minimum absolute atomic E-state index is 0.0102. The van der Waals surface area contributed by atoms with Crippen LogP contribution in [0.1, 0.15) is 32.1 Å². The summed E-state index contributed by atoms with van der Waals surface area (Å²) in [4.78, 5) is 0. The molecule has 21 heavy (non-hydrogen) atoms. The van der Waals surface area contributed by atoms with Crippen LogP contribution < -0.4 is 5.32 Å². The lowest BCUT2D eigenvalue weighted by molar-refractivity contribution is 0.286. The van der Waals surface area contributed by atoms with Gasteiger partial charge in [-0.2, -0.15) is 0 Å². The molecule has 2 heterocycles. The van der Waals surface area contributed by atoms with Crippen molar-refractivity contribution in [2.45, 2.75) is 43.4 Å². The third-order valence-corrected chi connectivity index (χ3v) is 9.13. The number of hydrogen-bond acceptors (Lipinski definition) is 5. The largest absolute Gasteiger partial charge is 0.314 e. The Hall–Kier alpha value is -0.180. The smallest absolute Gasteiger partial charge is 0.218 e. The van der Waals surface area contributed by atoms with Crippen LogP contribution in [0.3, 0.4) is 0 Å². The summed E-state index contributed by atoms with van der Waals surface area (Å²) >= 11 is 0. The van der Waals surface area contributed by atoms with E-state index in [1.54, 1.807) is 0 Å². The van der Waals surface area contributed by atoms with Crippen LogP contribution in [0, 0.1) is 5.92 Å². The molecule has 0 aromatic carbocycles. The third kappa shape index (κ3) is 3.78. The third-order valence-electron chi connectivity index (χ3n) is 4.82. The van der Waals surface area contributed by atoms with Crippen molar-refractivity contribution in [1.82, 2.24) is 9.62 Å². The first-order chi connectivity index (χ1) is 9.87. The van der Waals surface area contributed by atoms with Crippen LogP contribution in [0.4, 0.5) is 0 Å². The van der Waals surface area contributed by atoms with Crippen molar-refractivity contribution in [2.75, 3.05) is 31.1 Å². The van der Waals surface area contributed by atoms with E-state index in [1.807, 2.05) is 0 Å². The number of nitrogens with zero attached hydrogens (tertiary/aromatic N) is 1. The summed E-state index contributed by atoms with van der Waals surface area (Å²) < 4.78 is 49.5. The number of hydrogen-bond donors (Lipinski definition) is 1. The van der Waals surface area contributed by atoms with Crippen LogP contribution in [0.25, 0.3) is 0 Å². The minimum Gasteiger partial charge on any atom is -0.314 e. The molecular formula is C13H24N2O4S2. The molecule has 3 aliphatic rings. The van der Waals surface area contributed by atoms with Crippen LogP contribution in [0.5, 0.6) is 0 Å². The fourth-order valence-electron chi connectivity index (χ4n) is 3.18. The molecule has 1 unspecified atom stereocenters. The van der Waals surface area contributed by atoms with E-state index >= 15 is 0 Å². The topological polar surface area (TPSA) is 83.5 Å². The highest BCUT2D eigenvalue weighted by atomic mass is 32.2. The summed E-state index contributed by atoms with van der Waals surface area (Å²) in [6.07, 6.45) is 4.54. The number of nitrogens with one attached hydrogen (secondary N) is 1. The van der Waals surface area contributed by atoms with Crippen molar-refractivity contribution >= 4 is 19.9 Å². The van der Waals surface area contributed by atoms with E-state index in [1.165, 1.54) is 17.1 Å². The maximum atomic E-state index is 12.5. The zero-order valence-electron chi connectivity index (χ0n) is 12.2. The molecule has 1 N–H and O–H groups in total. The molecule has 0 amide bonds. The van der Waals surface area contributed by atoms with Gasteiger partial charge in [0.15, 0.2) is 9.84 Å². The van der Waals surface area contributed by atoms with Crippen molar-refractivity contribution in [3.05, 3.63) is 0 Å². The quantitative estimate of drug-likeness (QED) is 0.762. The van der Waals surface area contributed by atoms with Gasteiger partial charge in [0.1, 0.15) is 0 Å². The highest BCUT2D eigenvalue weighted by Crippen LogP contribution is 2.29. The van der Waals surface area contributed by atoms with Crippen LogP contribution in [0.15, 0.2) is 0 Å². The second-order valence-electron chi connectivity index (χ2n) is 6.59. The normalized spacial score (nSPS) is 31.5. The average molecular weight is 336 g/mol. The van der Waals surface area contributed by atoms with E-state index in [0.717, 1.165) is 25.3 Å². The second kappa shape index (κ2) is 5.79. The van der Waals surface area contributed by atoms with Crippen molar-refractivity contribution in [2.24, 2.45) is 5.92 Å². The Morgan fingerprint density at radius 1 is 1.05 bits per heavy atom. The molecule has 3 rings (SSSR count). The zero-order valence-corrected chi connectivity index (χ0v) is 13.8. The Bertz CT molecular complexity index is 575. The second-order valence-corrected chi connectivity index (χ2v) is 11.0. The fraction of sp³-hybridized carbons (Fsp3) is 1.00. The van der Waals surface area contributed by atoms with Gasteiger partial charge >= 0.3 is 0 Å². The number of sulfone groups is 1. The maximum Gasteiger partial charge on any atom is 0.218 e. The van der Waals surface area contributed by atoms with E-state index in [9.17, 15) is 16.8 Å². The summed E-state index contributed by atoms with van der Waals surface area (Å²) in [6, 6.07) is 0.407. The molecule has 6 nitrogen and oxygen atoms in total. The van der Waals surface area contributed by atoms with Gasteiger partial charge in [0.25, 0.3) is 0 Å². The molecule has 0 radical (unpaired) electrons. The lowest BCUT2D eigenvalue weighted by Gasteiger charge is -2.33. The molecule has 1 saturated carbocycles. The monoisotopic (exact) mass is 336 g/mol. The Morgan fingerprint density at radius 3 is 2.24 bits per heavy atom. The van der Waals surface area contributed by atoms with Crippen molar-refractivity contribution in [3.63, 3.8) is 0 Å². The molecule has 1 atom stereocenters. The molecule has 2 aliphatic heterocycles. The zero-order chi connectivity index (χ0) is 15.1. The molecule has 0 spiro atoms. The predicted molar refractivity (Wildman–Crippen MR) is 81.3 cm³/mol. The molecule has 0 aromatic heterocycles. The van der Waals surface area contributed by atoms with Gasteiger partial charge in [-0.05, 0) is 44.6 Å². The number of rotatable bonds is 5. The Balaban J connectivity index is 1.53. The summed E-state index contributed by atoms with van der Waals surface area (Å²) in [6.45, 7) is 2.08. The molecule has 0 aromatic rings.